The number of anilines is 5. The number of ether oxygens (including phenoxy) is 1. The Balaban J connectivity index is 1.16. The largest absolute Gasteiger partial charge is 0.378 e. The molecule has 0 saturated carbocycles. The number of thiazole rings is 1. The van der Waals surface area contributed by atoms with Crippen LogP contribution >= 0.6 is 11.3 Å². The number of benzene rings is 3. The topological polar surface area (TPSA) is 109 Å². The average Bonchev–Trinajstić information content (AvgIpc) is 3.64. The van der Waals surface area contributed by atoms with Crippen molar-refractivity contribution in [3.05, 3.63) is 102 Å². The van der Waals surface area contributed by atoms with Gasteiger partial charge >= 0.3 is 6.03 Å². The van der Waals surface area contributed by atoms with Crippen molar-refractivity contribution in [2.75, 3.05) is 47.2 Å². The second-order valence-corrected chi connectivity index (χ2v) is 10.9. The van der Waals surface area contributed by atoms with Gasteiger partial charge in [0.05, 0.1) is 30.3 Å². The van der Waals surface area contributed by atoms with Crippen LogP contribution in [0.4, 0.5) is 37.9 Å². The van der Waals surface area contributed by atoms with E-state index in [9.17, 15) is 4.79 Å². The van der Waals surface area contributed by atoms with Crippen molar-refractivity contribution in [2.45, 2.75) is 0 Å². The first-order valence-electron chi connectivity index (χ1n) is 14.0. The molecule has 0 atom stereocenters. The maximum atomic E-state index is 15.0. The summed E-state index contributed by atoms with van der Waals surface area (Å²) in [5, 5.41) is 10.8. The van der Waals surface area contributed by atoms with Crippen LogP contribution < -0.4 is 20.9 Å². The van der Waals surface area contributed by atoms with Crippen LogP contribution in [0.15, 0.2) is 96.6 Å². The summed E-state index contributed by atoms with van der Waals surface area (Å²) in [6, 6.07) is 23.2. The number of rotatable bonds is 7. The fourth-order valence-corrected chi connectivity index (χ4v) is 5.83. The van der Waals surface area contributed by atoms with Crippen molar-refractivity contribution in [1.82, 2.24) is 19.4 Å². The minimum Gasteiger partial charge on any atom is -0.378 e. The molecule has 0 spiro atoms. The van der Waals surface area contributed by atoms with Crippen molar-refractivity contribution < 1.29 is 13.9 Å². The molecule has 7 rings (SSSR count). The first-order chi connectivity index (χ1) is 21.6. The molecule has 0 bridgehead atoms. The number of carbonyl (C=O) groups excluding carboxylic acids is 1. The van der Waals surface area contributed by atoms with Crippen LogP contribution in [0.1, 0.15) is 0 Å². The van der Waals surface area contributed by atoms with Gasteiger partial charge in [0.25, 0.3) is 0 Å². The zero-order valence-corrected chi connectivity index (χ0v) is 24.2. The van der Waals surface area contributed by atoms with Gasteiger partial charge in [-0.2, -0.15) is 0 Å². The Morgan fingerprint density at radius 2 is 1.70 bits per heavy atom. The number of imidazole rings is 1. The van der Waals surface area contributed by atoms with E-state index >= 15 is 4.39 Å². The van der Waals surface area contributed by atoms with E-state index in [-0.39, 0.29) is 11.8 Å². The van der Waals surface area contributed by atoms with Crippen molar-refractivity contribution in [3.63, 3.8) is 0 Å². The van der Waals surface area contributed by atoms with Crippen molar-refractivity contribution in [3.8, 4) is 22.6 Å². The predicted octanol–water partition coefficient (Wildman–Crippen LogP) is 6.88. The van der Waals surface area contributed by atoms with Gasteiger partial charge in [0, 0.05) is 53.5 Å². The van der Waals surface area contributed by atoms with E-state index in [1.54, 1.807) is 12.3 Å². The number of hydrogen-bond acceptors (Lipinski definition) is 8. The van der Waals surface area contributed by atoms with Gasteiger partial charge in [-0.25, -0.2) is 24.1 Å². The SMILES string of the molecule is O=C(Nc1ccccc1)Nc1cccc(-c2nc3sccn3c2-c2ccnc(Nc3ccc(N4CCOCC4)c(F)c3)n2)c1. The zero-order chi connectivity index (χ0) is 29.9. The number of aromatic nitrogens is 4. The Morgan fingerprint density at radius 1 is 0.886 bits per heavy atom. The number of urea groups is 1. The molecular weight excluding hydrogens is 579 g/mol. The molecule has 6 aromatic rings. The van der Waals surface area contributed by atoms with E-state index in [4.69, 9.17) is 14.7 Å². The van der Waals surface area contributed by atoms with Crippen molar-refractivity contribution in [2.24, 2.45) is 0 Å². The highest BCUT2D eigenvalue weighted by Gasteiger charge is 2.20. The highest BCUT2D eigenvalue weighted by Crippen LogP contribution is 2.35. The van der Waals surface area contributed by atoms with Gasteiger partial charge in [0.1, 0.15) is 11.5 Å². The van der Waals surface area contributed by atoms with Gasteiger partial charge in [0.15, 0.2) is 4.96 Å². The van der Waals surface area contributed by atoms with Crippen LogP contribution in [0.2, 0.25) is 0 Å². The van der Waals surface area contributed by atoms with E-state index in [0.717, 1.165) is 16.2 Å². The molecular formula is C32H27FN8O2S. The smallest absolute Gasteiger partial charge is 0.323 e. The van der Waals surface area contributed by atoms with Gasteiger partial charge in [-0.15, -0.1) is 11.3 Å². The Labute approximate surface area is 256 Å². The third kappa shape index (κ3) is 5.80. The van der Waals surface area contributed by atoms with Crippen LogP contribution in [-0.2, 0) is 4.74 Å². The number of nitrogens with one attached hydrogen (secondary N) is 3. The van der Waals surface area contributed by atoms with Gasteiger partial charge in [0.2, 0.25) is 5.95 Å². The Morgan fingerprint density at radius 3 is 2.55 bits per heavy atom. The Kier molecular flexibility index (Phi) is 7.57. The second kappa shape index (κ2) is 12.1. The maximum absolute atomic E-state index is 15.0. The highest BCUT2D eigenvalue weighted by atomic mass is 32.1. The summed E-state index contributed by atoms with van der Waals surface area (Å²) in [6.45, 7) is 2.47. The van der Waals surface area contributed by atoms with E-state index in [2.05, 4.69) is 20.9 Å². The van der Waals surface area contributed by atoms with E-state index in [1.807, 2.05) is 87.6 Å². The summed E-state index contributed by atoms with van der Waals surface area (Å²) in [6.07, 6.45) is 3.60. The molecule has 3 aromatic heterocycles. The normalized spacial score (nSPS) is 13.2. The molecule has 3 N–H and O–H groups in total. The lowest BCUT2D eigenvalue weighted by molar-refractivity contribution is 0.122. The molecule has 1 aliphatic rings. The summed E-state index contributed by atoms with van der Waals surface area (Å²) < 4.78 is 22.4. The molecule has 2 amide bonds. The highest BCUT2D eigenvalue weighted by molar-refractivity contribution is 7.15. The van der Waals surface area contributed by atoms with Crippen molar-refractivity contribution >= 4 is 51.0 Å². The van der Waals surface area contributed by atoms with Gasteiger partial charge in [-0.05, 0) is 48.5 Å². The van der Waals surface area contributed by atoms with Gasteiger partial charge in [-0.1, -0.05) is 30.3 Å². The molecule has 44 heavy (non-hydrogen) atoms. The maximum Gasteiger partial charge on any atom is 0.323 e. The van der Waals surface area contributed by atoms with Gasteiger partial charge < -0.3 is 25.6 Å². The molecule has 10 nitrogen and oxygen atoms in total. The fraction of sp³-hybridized carbons (Fsp3) is 0.125. The molecule has 220 valence electrons. The first-order valence-corrected chi connectivity index (χ1v) is 14.9. The summed E-state index contributed by atoms with van der Waals surface area (Å²) >= 11 is 1.51. The lowest BCUT2D eigenvalue weighted by Gasteiger charge is -2.29. The minimum atomic E-state index is -0.347. The van der Waals surface area contributed by atoms with Gasteiger partial charge in [-0.3, -0.25) is 4.40 Å². The fourth-order valence-electron chi connectivity index (χ4n) is 5.12. The Bertz CT molecular complexity index is 1940. The summed E-state index contributed by atoms with van der Waals surface area (Å²) in [7, 11) is 0. The first kappa shape index (κ1) is 27.5. The molecule has 3 aromatic carbocycles. The molecule has 4 heterocycles. The lowest BCUT2D eigenvalue weighted by atomic mass is 10.1. The Hall–Kier alpha value is -5.33. The molecule has 1 saturated heterocycles. The van der Waals surface area contributed by atoms with Crippen LogP contribution in [0.3, 0.4) is 0 Å². The average molecular weight is 607 g/mol. The van der Waals surface area contributed by atoms with E-state index < -0.39 is 0 Å². The minimum absolute atomic E-state index is 0.322. The standard InChI is InChI=1S/C32H27FN8O2S/c33-25-20-24(9-10-27(25)40-13-16-43-17-14-40)35-30-34-12-11-26(38-30)29-28(39-32-41(29)15-18-44-32)21-5-4-8-23(19-21)37-31(42)36-22-6-2-1-3-7-22/h1-12,15,18-20H,13-14,16-17H2,(H,34,35,38)(H2,36,37,42). The molecule has 1 aliphatic heterocycles. The van der Waals surface area contributed by atoms with E-state index in [0.29, 0.717) is 66.4 Å². The van der Waals surface area contributed by atoms with Crippen molar-refractivity contribution in [1.29, 1.82) is 0 Å². The molecule has 0 radical (unpaired) electrons. The van der Waals surface area contributed by atoms with Crippen LogP contribution in [0.25, 0.3) is 27.6 Å². The number of amides is 2. The third-order valence-electron chi connectivity index (χ3n) is 7.14. The van der Waals surface area contributed by atoms with Crippen LogP contribution in [0.5, 0.6) is 0 Å². The number of hydrogen-bond donors (Lipinski definition) is 3. The molecule has 0 aliphatic carbocycles. The number of fused-ring (bicyclic) bond motifs is 1. The third-order valence-corrected chi connectivity index (χ3v) is 7.90. The lowest BCUT2D eigenvalue weighted by Crippen LogP contribution is -2.36. The zero-order valence-electron chi connectivity index (χ0n) is 23.4. The monoisotopic (exact) mass is 606 g/mol. The number of morpholine rings is 1. The summed E-state index contributed by atoms with van der Waals surface area (Å²) in [4.78, 5) is 29.5. The van der Waals surface area contributed by atoms with Crippen LogP contribution in [0, 0.1) is 5.82 Å². The molecule has 1 fully saturated rings. The second-order valence-electron chi connectivity index (χ2n) is 10.0. The number of nitrogens with zero attached hydrogens (tertiary/aromatic N) is 5. The predicted molar refractivity (Wildman–Crippen MR) is 171 cm³/mol. The molecule has 12 heteroatoms. The number of para-hydroxylation sites is 1. The summed E-state index contributed by atoms with van der Waals surface area (Å²) in [5.74, 6) is 0.00204. The van der Waals surface area contributed by atoms with Crippen LogP contribution in [-0.4, -0.2) is 51.7 Å². The quantitative estimate of drug-likeness (QED) is 0.182. The van der Waals surface area contributed by atoms with E-state index in [1.165, 1.54) is 17.4 Å². The summed E-state index contributed by atoms with van der Waals surface area (Å²) in [5.41, 5.74) is 5.31. The number of halogens is 1. The molecule has 0 unspecified atom stereocenters. The number of carbonyl (C=O) groups is 1.